The fourth-order valence-electron chi connectivity index (χ4n) is 3.14. The molecule has 1 fully saturated rings. The Bertz CT molecular complexity index is 307. The van der Waals surface area contributed by atoms with Crippen LogP contribution in [0.3, 0.4) is 0 Å². The van der Waals surface area contributed by atoms with Crippen molar-refractivity contribution in [3.05, 3.63) is 0 Å². The van der Waals surface area contributed by atoms with Gasteiger partial charge in [-0.1, -0.05) is 13.8 Å². The molecule has 0 aromatic heterocycles. The Morgan fingerprint density at radius 2 is 2.20 bits per heavy atom. The number of carbonyl (C=O) groups excluding carboxylic acids is 1. The molecule has 1 N–H and O–H groups in total. The van der Waals surface area contributed by atoms with E-state index >= 15 is 0 Å². The first-order valence-corrected chi connectivity index (χ1v) is 8.04. The van der Waals surface area contributed by atoms with E-state index in [2.05, 4.69) is 24.1 Å². The molecule has 2 atom stereocenters. The largest absolute Gasteiger partial charge is 0.465 e. The van der Waals surface area contributed by atoms with E-state index in [9.17, 15) is 4.79 Å². The Kier molecular flexibility index (Phi) is 6.96. The number of likely N-dealkylation sites (N-methyl/N-ethyl adjacent to an activating group) is 1. The van der Waals surface area contributed by atoms with Gasteiger partial charge in [-0.25, -0.2) is 0 Å². The van der Waals surface area contributed by atoms with Crippen molar-refractivity contribution in [1.82, 2.24) is 10.2 Å². The standard InChI is InChI=1S/C16H32N2O2/c1-6-20-15(19)16(4,17-5)10-8-12-18-11-7-9-14(18)13(2)3/h13-14,17H,6-12H2,1-5H3. The van der Waals surface area contributed by atoms with E-state index < -0.39 is 5.54 Å². The summed E-state index contributed by atoms with van der Waals surface area (Å²) in [6, 6.07) is 0.721. The lowest BCUT2D eigenvalue weighted by molar-refractivity contribution is -0.150. The molecule has 0 amide bonds. The molecule has 4 heteroatoms. The maximum Gasteiger partial charge on any atom is 0.326 e. The second kappa shape index (κ2) is 7.99. The molecule has 2 unspecified atom stereocenters. The van der Waals surface area contributed by atoms with Crippen molar-refractivity contribution >= 4 is 5.97 Å². The highest BCUT2D eigenvalue weighted by Crippen LogP contribution is 2.24. The average Bonchev–Trinajstić information content (AvgIpc) is 2.87. The molecule has 20 heavy (non-hydrogen) atoms. The van der Waals surface area contributed by atoms with Gasteiger partial charge in [-0.05, 0) is 65.6 Å². The Balaban J connectivity index is 2.43. The van der Waals surface area contributed by atoms with Gasteiger partial charge in [0.05, 0.1) is 6.61 Å². The molecular formula is C16H32N2O2. The summed E-state index contributed by atoms with van der Waals surface area (Å²) >= 11 is 0. The number of carbonyl (C=O) groups is 1. The predicted molar refractivity (Wildman–Crippen MR) is 82.8 cm³/mol. The van der Waals surface area contributed by atoms with Crippen LogP contribution in [0.5, 0.6) is 0 Å². The third-order valence-corrected chi connectivity index (χ3v) is 4.58. The lowest BCUT2D eigenvalue weighted by Gasteiger charge is -2.30. The molecular weight excluding hydrogens is 252 g/mol. The number of ether oxygens (including phenoxy) is 1. The summed E-state index contributed by atoms with van der Waals surface area (Å²) in [5, 5.41) is 3.13. The number of hydrogen-bond donors (Lipinski definition) is 1. The highest BCUT2D eigenvalue weighted by molar-refractivity contribution is 5.80. The monoisotopic (exact) mass is 284 g/mol. The van der Waals surface area contributed by atoms with Crippen molar-refractivity contribution < 1.29 is 9.53 Å². The smallest absolute Gasteiger partial charge is 0.326 e. The first kappa shape index (κ1) is 17.4. The van der Waals surface area contributed by atoms with E-state index in [-0.39, 0.29) is 5.97 Å². The zero-order valence-electron chi connectivity index (χ0n) is 13.9. The van der Waals surface area contributed by atoms with Crippen molar-refractivity contribution in [2.75, 3.05) is 26.7 Å². The molecule has 1 saturated heterocycles. The minimum atomic E-state index is -0.553. The second-order valence-corrected chi connectivity index (χ2v) is 6.40. The van der Waals surface area contributed by atoms with Crippen LogP contribution in [0.1, 0.15) is 53.4 Å². The maximum atomic E-state index is 12.0. The summed E-state index contributed by atoms with van der Waals surface area (Å²) in [6.45, 7) is 11.1. The molecule has 0 saturated carbocycles. The van der Waals surface area contributed by atoms with Gasteiger partial charge >= 0.3 is 5.97 Å². The molecule has 1 aliphatic rings. The average molecular weight is 284 g/mol. The second-order valence-electron chi connectivity index (χ2n) is 6.40. The van der Waals surface area contributed by atoms with Gasteiger partial charge in [-0.2, -0.15) is 0 Å². The van der Waals surface area contributed by atoms with Crippen LogP contribution in [0.15, 0.2) is 0 Å². The minimum absolute atomic E-state index is 0.135. The fourth-order valence-corrected chi connectivity index (χ4v) is 3.14. The number of nitrogens with zero attached hydrogens (tertiary/aromatic N) is 1. The number of likely N-dealkylation sites (tertiary alicyclic amines) is 1. The summed E-state index contributed by atoms with van der Waals surface area (Å²) in [7, 11) is 1.84. The number of rotatable bonds is 8. The van der Waals surface area contributed by atoms with E-state index in [1.54, 1.807) is 0 Å². The van der Waals surface area contributed by atoms with Gasteiger partial charge in [0.1, 0.15) is 5.54 Å². The van der Waals surface area contributed by atoms with Crippen molar-refractivity contribution in [2.24, 2.45) is 5.92 Å². The highest BCUT2D eigenvalue weighted by Gasteiger charge is 2.33. The van der Waals surface area contributed by atoms with Gasteiger partial charge in [0.25, 0.3) is 0 Å². The highest BCUT2D eigenvalue weighted by atomic mass is 16.5. The molecule has 0 radical (unpaired) electrons. The molecule has 1 aliphatic heterocycles. The van der Waals surface area contributed by atoms with Crippen LogP contribution in [-0.2, 0) is 9.53 Å². The van der Waals surface area contributed by atoms with Gasteiger partial charge in [0, 0.05) is 6.04 Å². The normalized spacial score (nSPS) is 23.0. The Morgan fingerprint density at radius 3 is 2.75 bits per heavy atom. The molecule has 0 spiro atoms. The van der Waals surface area contributed by atoms with Crippen LogP contribution in [0.4, 0.5) is 0 Å². The molecule has 0 aromatic carbocycles. The Hall–Kier alpha value is -0.610. The van der Waals surface area contributed by atoms with Gasteiger partial charge < -0.3 is 15.0 Å². The Labute approximate surface area is 124 Å². The third kappa shape index (κ3) is 4.45. The van der Waals surface area contributed by atoms with Gasteiger partial charge in [-0.15, -0.1) is 0 Å². The summed E-state index contributed by atoms with van der Waals surface area (Å²) in [6.07, 6.45) is 4.48. The summed E-state index contributed by atoms with van der Waals surface area (Å²) in [5.74, 6) is 0.586. The quantitative estimate of drug-likeness (QED) is 0.695. The van der Waals surface area contributed by atoms with Crippen molar-refractivity contribution in [3.63, 3.8) is 0 Å². The SMILES string of the molecule is CCOC(=O)C(C)(CCCN1CCCC1C(C)C)NC. The van der Waals surface area contributed by atoms with Gasteiger partial charge in [0.15, 0.2) is 0 Å². The molecule has 0 aromatic rings. The van der Waals surface area contributed by atoms with Crippen LogP contribution < -0.4 is 5.32 Å². The van der Waals surface area contributed by atoms with Gasteiger partial charge in [-0.3, -0.25) is 4.79 Å². The molecule has 1 rings (SSSR count). The fraction of sp³-hybridized carbons (Fsp3) is 0.938. The minimum Gasteiger partial charge on any atom is -0.465 e. The predicted octanol–water partition coefficient (Wildman–Crippen LogP) is 2.43. The van der Waals surface area contributed by atoms with Crippen LogP contribution in [0.25, 0.3) is 0 Å². The summed E-state index contributed by atoms with van der Waals surface area (Å²) < 4.78 is 5.16. The summed E-state index contributed by atoms with van der Waals surface area (Å²) in [5.41, 5.74) is -0.553. The lowest BCUT2D eigenvalue weighted by Crippen LogP contribution is -2.49. The summed E-state index contributed by atoms with van der Waals surface area (Å²) in [4.78, 5) is 14.6. The first-order chi connectivity index (χ1) is 9.44. The third-order valence-electron chi connectivity index (χ3n) is 4.58. The van der Waals surface area contributed by atoms with E-state index in [1.165, 1.54) is 19.4 Å². The van der Waals surface area contributed by atoms with E-state index in [4.69, 9.17) is 4.74 Å². The lowest BCUT2D eigenvalue weighted by atomic mass is 9.95. The molecule has 0 aliphatic carbocycles. The zero-order chi connectivity index (χ0) is 15.2. The molecule has 1 heterocycles. The van der Waals surface area contributed by atoms with E-state index in [0.717, 1.165) is 31.3 Å². The van der Waals surface area contributed by atoms with Crippen LogP contribution in [0, 0.1) is 5.92 Å². The first-order valence-electron chi connectivity index (χ1n) is 8.04. The van der Waals surface area contributed by atoms with E-state index in [1.807, 2.05) is 20.9 Å². The van der Waals surface area contributed by atoms with Crippen LogP contribution >= 0.6 is 0 Å². The zero-order valence-corrected chi connectivity index (χ0v) is 13.9. The van der Waals surface area contributed by atoms with E-state index in [0.29, 0.717) is 6.61 Å². The molecule has 0 bridgehead atoms. The Morgan fingerprint density at radius 1 is 1.50 bits per heavy atom. The van der Waals surface area contributed by atoms with Crippen molar-refractivity contribution in [2.45, 2.75) is 65.0 Å². The molecule has 4 nitrogen and oxygen atoms in total. The molecule has 118 valence electrons. The topological polar surface area (TPSA) is 41.6 Å². The van der Waals surface area contributed by atoms with Crippen molar-refractivity contribution in [3.8, 4) is 0 Å². The van der Waals surface area contributed by atoms with Gasteiger partial charge in [0.2, 0.25) is 0 Å². The number of esters is 1. The number of nitrogens with one attached hydrogen (secondary N) is 1. The van der Waals surface area contributed by atoms with Crippen molar-refractivity contribution in [1.29, 1.82) is 0 Å². The van der Waals surface area contributed by atoms with Crippen LogP contribution in [0.2, 0.25) is 0 Å². The number of hydrogen-bond acceptors (Lipinski definition) is 4. The van der Waals surface area contributed by atoms with Crippen LogP contribution in [-0.4, -0.2) is 49.2 Å². The maximum absolute atomic E-state index is 12.0.